The summed E-state index contributed by atoms with van der Waals surface area (Å²) in [7, 11) is 0. The van der Waals surface area contributed by atoms with Gasteiger partial charge in [-0.25, -0.2) is 0 Å². The summed E-state index contributed by atoms with van der Waals surface area (Å²) in [4.78, 5) is 14.5. The first-order chi connectivity index (χ1) is 11.2. The van der Waals surface area contributed by atoms with Gasteiger partial charge in [0, 0.05) is 37.7 Å². The number of aryl methyl sites for hydroxylation is 1. The van der Waals surface area contributed by atoms with Crippen molar-refractivity contribution in [3.8, 4) is 0 Å². The van der Waals surface area contributed by atoms with Crippen molar-refractivity contribution in [2.75, 3.05) is 19.8 Å². The van der Waals surface area contributed by atoms with Gasteiger partial charge in [0.1, 0.15) is 0 Å². The van der Waals surface area contributed by atoms with E-state index in [4.69, 9.17) is 4.74 Å². The van der Waals surface area contributed by atoms with Gasteiger partial charge in [-0.2, -0.15) is 15.3 Å². The molecule has 3 heterocycles. The Morgan fingerprint density at radius 2 is 2.22 bits per heavy atom. The summed E-state index contributed by atoms with van der Waals surface area (Å²) in [6, 6.07) is 1.69. The van der Waals surface area contributed by atoms with Gasteiger partial charge in [0.25, 0.3) is 5.91 Å². The van der Waals surface area contributed by atoms with Gasteiger partial charge in [-0.1, -0.05) is 0 Å². The zero-order chi connectivity index (χ0) is 16.2. The van der Waals surface area contributed by atoms with Crippen molar-refractivity contribution in [3.05, 3.63) is 41.5 Å². The average Bonchev–Trinajstić information content (AvgIpc) is 3.03. The van der Waals surface area contributed by atoms with Crippen LogP contribution in [0.1, 0.15) is 41.4 Å². The molecule has 1 amide bonds. The van der Waals surface area contributed by atoms with Crippen molar-refractivity contribution in [2.24, 2.45) is 0 Å². The van der Waals surface area contributed by atoms with Crippen LogP contribution >= 0.6 is 0 Å². The molecule has 0 spiro atoms. The zero-order valence-corrected chi connectivity index (χ0v) is 13.5. The number of rotatable bonds is 5. The van der Waals surface area contributed by atoms with Crippen LogP contribution in [0.3, 0.4) is 0 Å². The fourth-order valence-corrected chi connectivity index (χ4v) is 3.05. The van der Waals surface area contributed by atoms with Gasteiger partial charge < -0.3 is 9.64 Å². The number of aromatic nitrogens is 4. The van der Waals surface area contributed by atoms with Crippen LogP contribution < -0.4 is 0 Å². The number of fused-ring (bicyclic) bond motifs is 1. The molecule has 1 aliphatic rings. The number of carbonyl (C=O) groups excluding carboxylic acids is 1. The highest BCUT2D eigenvalue weighted by Gasteiger charge is 2.32. The van der Waals surface area contributed by atoms with Crippen LogP contribution in [0, 0.1) is 0 Å². The van der Waals surface area contributed by atoms with Gasteiger partial charge in [-0.05, 0) is 19.9 Å². The molecule has 7 heteroatoms. The van der Waals surface area contributed by atoms with Crippen LogP contribution in [0.15, 0.2) is 24.7 Å². The van der Waals surface area contributed by atoms with Gasteiger partial charge in [0.15, 0.2) is 0 Å². The molecule has 0 saturated carbocycles. The van der Waals surface area contributed by atoms with Crippen LogP contribution in [0.25, 0.3) is 0 Å². The summed E-state index contributed by atoms with van der Waals surface area (Å²) < 4.78 is 7.64. The predicted molar refractivity (Wildman–Crippen MR) is 83.9 cm³/mol. The first kappa shape index (κ1) is 15.6. The largest absolute Gasteiger partial charge is 0.381 e. The Hall–Kier alpha value is -2.28. The molecule has 0 N–H and O–H groups in total. The Bertz CT molecular complexity index is 670. The molecule has 23 heavy (non-hydrogen) atoms. The summed E-state index contributed by atoms with van der Waals surface area (Å²) in [6.07, 6.45) is 4.91. The zero-order valence-electron chi connectivity index (χ0n) is 13.5. The van der Waals surface area contributed by atoms with E-state index in [-0.39, 0.29) is 11.8 Å². The fourth-order valence-electron chi connectivity index (χ4n) is 3.05. The topological polar surface area (TPSA) is 73.1 Å². The van der Waals surface area contributed by atoms with Crippen LogP contribution in [-0.2, 0) is 17.8 Å². The molecule has 0 saturated heterocycles. The van der Waals surface area contributed by atoms with Gasteiger partial charge in [0.05, 0.1) is 36.5 Å². The standard InChI is InChI=1S/C16H21N5O2/c1-3-21-15-13(8-19-21)9-20(10-14(15)11-23-4-2)16(22)12-5-6-17-18-7-12/h5-8,14H,3-4,9-11H2,1-2H3/t14-/m0/s1. The number of hydrogen-bond acceptors (Lipinski definition) is 5. The van der Waals surface area contributed by atoms with E-state index >= 15 is 0 Å². The maximum atomic E-state index is 12.7. The van der Waals surface area contributed by atoms with Crippen LogP contribution in [0.5, 0.6) is 0 Å². The second-order valence-electron chi connectivity index (χ2n) is 5.54. The van der Waals surface area contributed by atoms with Crippen LogP contribution in [-0.4, -0.2) is 50.5 Å². The molecule has 0 unspecified atom stereocenters. The van der Waals surface area contributed by atoms with Crippen LogP contribution in [0.2, 0.25) is 0 Å². The normalized spacial score (nSPS) is 17.1. The third-order valence-electron chi connectivity index (χ3n) is 4.09. The van der Waals surface area contributed by atoms with Gasteiger partial charge in [0.2, 0.25) is 0 Å². The molecule has 0 bridgehead atoms. The Labute approximate surface area is 135 Å². The highest BCUT2D eigenvalue weighted by atomic mass is 16.5. The van der Waals surface area contributed by atoms with E-state index in [1.165, 1.54) is 18.1 Å². The van der Waals surface area contributed by atoms with Crippen molar-refractivity contribution in [1.82, 2.24) is 24.9 Å². The molecule has 2 aromatic heterocycles. The third-order valence-corrected chi connectivity index (χ3v) is 4.09. The first-order valence-corrected chi connectivity index (χ1v) is 7.92. The molecule has 1 atom stereocenters. The van der Waals surface area contributed by atoms with Crippen molar-refractivity contribution < 1.29 is 9.53 Å². The number of amides is 1. The predicted octanol–water partition coefficient (Wildman–Crippen LogP) is 1.47. The third kappa shape index (κ3) is 3.10. The minimum atomic E-state index is -0.0312. The molecule has 0 aliphatic carbocycles. The van der Waals surface area contributed by atoms with Crippen molar-refractivity contribution in [2.45, 2.75) is 32.9 Å². The second-order valence-corrected chi connectivity index (χ2v) is 5.54. The summed E-state index contributed by atoms with van der Waals surface area (Å²) in [5.41, 5.74) is 2.84. The van der Waals surface area contributed by atoms with E-state index in [1.807, 2.05) is 22.7 Å². The van der Waals surface area contributed by atoms with Gasteiger partial charge >= 0.3 is 0 Å². The van der Waals surface area contributed by atoms with E-state index in [2.05, 4.69) is 22.2 Å². The Kier molecular flexibility index (Phi) is 4.66. The molecule has 2 aromatic rings. The molecule has 0 aromatic carbocycles. The molecular weight excluding hydrogens is 294 g/mol. The summed E-state index contributed by atoms with van der Waals surface area (Å²) in [5.74, 6) is 0.108. The Balaban J connectivity index is 1.87. The van der Waals surface area contributed by atoms with Gasteiger partial charge in [-0.3, -0.25) is 9.48 Å². The lowest BCUT2D eigenvalue weighted by Crippen LogP contribution is -2.40. The Morgan fingerprint density at radius 3 is 2.91 bits per heavy atom. The van der Waals surface area contributed by atoms with Crippen molar-refractivity contribution >= 4 is 5.91 Å². The maximum Gasteiger partial charge on any atom is 0.255 e. The lowest BCUT2D eigenvalue weighted by molar-refractivity contribution is 0.0646. The molecule has 3 rings (SSSR count). The molecular formula is C16H21N5O2. The average molecular weight is 315 g/mol. The van der Waals surface area contributed by atoms with E-state index < -0.39 is 0 Å². The number of nitrogens with zero attached hydrogens (tertiary/aromatic N) is 5. The van der Waals surface area contributed by atoms with Crippen molar-refractivity contribution in [1.29, 1.82) is 0 Å². The molecule has 0 radical (unpaired) electrons. The smallest absolute Gasteiger partial charge is 0.255 e. The number of carbonyl (C=O) groups is 1. The highest BCUT2D eigenvalue weighted by Crippen LogP contribution is 2.29. The maximum absolute atomic E-state index is 12.7. The Morgan fingerprint density at radius 1 is 1.35 bits per heavy atom. The van der Waals surface area contributed by atoms with Gasteiger partial charge in [-0.15, -0.1) is 0 Å². The quantitative estimate of drug-likeness (QED) is 0.835. The molecule has 7 nitrogen and oxygen atoms in total. The minimum Gasteiger partial charge on any atom is -0.381 e. The first-order valence-electron chi connectivity index (χ1n) is 7.92. The van der Waals surface area contributed by atoms with E-state index in [0.29, 0.717) is 31.9 Å². The summed E-state index contributed by atoms with van der Waals surface area (Å²) in [6.45, 7) is 7.32. The van der Waals surface area contributed by atoms with Crippen LogP contribution in [0.4, 0.5) is 0 Å². The lowest BCUT2D eigenvalue weighted by atomic mass is 9.96. The lowest BCUT2D eigenvalue weighted by Gasteiger charge is -2.33. The molecule has 122 valence electrons. The van der Waals surface area contributed by atoms with E-state index in [0.717, 1.165) is 12.1 Å². The SMILES string of the molecule is CCOC[C@@H]1CN(C(=O)c2ccnnc2)Cc2cnn(CC)c21. The minimum absolute atomic E-state index is 0.0312. The van der Waals surface area contributed by atoms with Crippen molar-refractivity contribution in [3.63, 3.8) is 0 Å². The fraction of sp³-hybridized carbons (Fsp3) is 0.500. The summed E-state index contributed by atoms with van der Waals surface area (Å²) in [5, 5.41) is 12.0. The number of ether oxygens (including phenoxy) is 1. The monoisotopic (exact) mass is 315 g/mol. The summed E-state index contributed by atoms with van der Waals surface area (Å²) >= 11 is 0. The number of hydrogen-bond donors (Lipinski definition) is 0. The molecule has 0 fully saturated rings. The van der Waals surface area contributed by atoms with E-state index in [1.54, 1.807) is 6.07 Å². The molecule has 1 aliphatic heterocycles. The highest BCUT2D eigenvalue weighted by molar-refractivity contribution is 5.94. The second kappa shape index (κ2) is 6.87. The van der Waals surface area contributed by atoms with E-state index in [9.17, 15) is 4.79 Å².